The van der Waals surface area contributed by atoms with Crippen LogP contribution in [-0.2, 0) is 4.79 Å². The normalized spacial score (nSPS) is 24.1. The fourth-order valence-corrected chi connectivity index (χ4v) is 2.06. The average Bonchev–Trinajstić information content (AvgIpc) is 1.94. The summed E-state index contributed by atoms with van der Waals surface area (Å²) in [5.74, 6) is -0.914. The number of rotatable bonds is 0. The van der Waals surface area contributed by atoms with Crippen LogP contribution in [0.3, 0.4) is 0 Å². The van der Waals surface area contributed by atoms with Gasteiger partial charge in [0.2, 0.25) is 0 Å². The largest absolute Gasteiger partial charge is 0.431 e. The van der Waals surface area contributed by atoms with Crippen molar-refractivity contribution in [3.8, 4) is 0 Å². The second-order valence-electron chi connectivity index (χ2n) is 2.22. The Hall–Kier alpha value is -0.170. The number of carbonyl (C=O) groups is 1. The minimum absolute atomic E-state index is 0.0300. The molecule has 0 aromatic carbocycles. The van der Waals surface area contributed by atoms with E-state index in [0.29, 0.717) is 0 Å². The van der Waals surface area contributed by atoms with E-state index in [1.165, 1.54) is 0 Å². The summed E-state index contributed by atoms with van der Waals surface area (Å²) >= 11 is 5.54. The van der Waals surface area contributed by atoms with Crippen molar-refractivity contribution in [3.63, 3.8) is 0 Å². The molecule has 0 radical (unpaired) electrons. The molecule has 0 aliphatic carbocycles. The molecule has 1 atom stereocenters. The van der Waals surface area contributed by atoms with E-state index in [4.69, 9.17) is 0 Å². The molecule has 1 aliphatic rings. The summed E-state index contributed by atoms with van der Waals surface area (Å²) < 4.78 is 36.4. The molecular weight excluding hydrogens is 319 g/mol. The maximum Gasteiger partial charge on any atom is 0.431 e. The molecule has 1 unspecified atom stereocenters. The highest BCUT2D eigenvalue weighted by atomic mass is 79.9. The van der Waals surface area contributed by atoms with Gasteiger partial charge in [-0.25, -0.2) is 4.99 Å². The molecule has 72 valence electrons. The lowest BCUT2D eigenvalue weighted by atomic mass is 10.2. The summed E-state index contributed by atoms with van der Waals surface area (Å²) in [5.41, 5.74) is -1.12. The van der Waals surface area contributed by atoms with Crippen LogP contribution in [-0.4, -0.2) is 22.6 Å². The maximum atomic E-state index is 12.1. The lowest BCUT2D eigenvalue weighted by Crippen LogP contribution is -2.33. The number of hydrogen-bond donors (Lipinski definition) is 0. The minimum Gasteiger partial charge on any atom is -0.266 e. The minimum atomic E-state index is -4.58. The first-order valence-electron chi connectivity index (χ1n) is 3.04. The van der Waals surface area contributed by atoms with Crippen LogP contribution in [0.2, 0.25) is 0 Å². The number of alkyl halides is 4. The average molecular weight is 321 g/mol. The third-order valence-corrected chi connectivity index (χ3v) is 2.57. The number of hydrogen-bond acceptors (Lipinski definition) is 1. The van der Waals surface area contributed by atoms with Gasteiger partial charge in [-0.2, -0.15) is 13.2 Å². The maximum absolute atomic E-state index is 12.1. The number of carbonyl (C=O) groups excluding carboxylic acids is 1. The quantitative estimate of drug-likeness (QED) is 0.631. The number of halogens is 5. The molecule has 0 aromatic heterocycles. The van der Waals surface area contributed by atoms with Crippen LogP contribution in [0, 0.1) is 0 Å². The topological polar surface area (TPSA) is 29.4 Å². The van der Waals surface area contributed by atoms with Gasteiger partial charge >= 0.3 is 6.18 Å². The Bertz CT molecular complexity index is 307. The van der Waals surface area contributed by atoms with Gasteiger partial charge in [-0.1, -0.05) is 15.9 Å². The summed E-state index contributed by atoms with van der Waals surface area (Å²) in [6.45, 7) is 0. The first-order valence-corrected chi connectivity index (χ1v) is 4.74. The van der Waals surface area contributed by atoms with Crippen LogP contribution in [0.15, 0.2) is 15.6 Å². The zero-order valence-electron chi connectivity index (χ0n) is 5.90. The number of allylic oxidation sites excluding steroid dienone is 1. The van der Waals surface area contributed by atoms with E-state index < -0.39 is 22.6 Å². The van der Waals surface area contributed by atoms with Crippen molar-refractivity contribution in [3.05, 3.63) is 10.6 Å². The van der Waals surface area contributed by atoms with Gasteiger partial charge in [-0.3, -0.25) is 4.79 Å². The molecule has 1 aliphatic heterocycles. The summed E-state index contributed by atoms with van der Waals surface area (Å²) in [4.78, 5) is 12.6. The van der Waals surface area contributed by atoms with E-state index in [0.717, 1.165) is 6.08 Å². The molecule has 0 bridgehead atoms. The van der Waals surface area contributed by atoms with Crippen molar-refractivity contribution in [2.75, 3.05) is 0 Å². The fraction of sp³-hybridized carbons (Fsp3) is 0.333. The lowest BCUT2D eigenvalue weighted by molar-refractivity contribution is -0.114. The number of nitrogens with zero attached hydrogens (tertiary/aromatic N) is 1. The van der Waals surface area contributed by atoms with Gasteiger partial charge < -0.3 is 0 Å². The number of aliphatic imine (C=N–C) groups is 1. The highest BCUT2D eigenvalue weighted by molar-refractivity contribution is 9.12. The third-order valence-electron chi connectivity index (χ3n) is 1.27. The molecule has 0 aromatic rings. The summed E-state index contributed by atoms with van der Waals surface area (Å²) in [5, 5.41) is 0. The Morgan fingerprint density at radius 3 is 2.46 bits per heavy atom. The Labute approximate surface area is 88.2 Å². The van der Waals surface area contributed by atoms with E-state index in [1.807, 2.05) is 0 Å². The van der Waals surface area contributed by atoms with Crippen molar-refractivity contribution in [1.82, 2.24) is 0 Å². The molecule has 0 saturated carbocycles. The highest BCUT2D eigenvalue weighted by Gasteiger charge is 2.41. The van der Waals surface area contributed by atoms with Gasteiger partial charge in [-0.15, -0.1) is 0 Å². The molecule has 1 heterocycles. The first-order chi connectivity index (χ1) is 5.82. The van der Waals surface area contributed by atoms with Crippen molar-refractivity contribution >= 4 is 43.5 Å². The van der Waals surface area contributed by atoms with E-state index in [1.54, 1.807) is 0 Å². The SMILES string of the molecule is O=C1N=C(C(F)(F)F)C(Br)C=C1Br. The predicted octanol–water partition coefficient (Wildman–Crippen LogP) is 2.57. The number of amides is 1. The van der Waals surface area contributed by atoms with Crippen LogP contribution in [0.4, 0.5) is 13.2 Å². The molecule has 1 rings (SSSR count). The summed E-state index contributed by atoms with van der Waals surface area (Å²) in [7, 11) is 0. The molecule has 0 fully saturated rings. The van der Waals surface area contributed by atoms with Crippen LogP contribution in [0.1, 0.15) is 0 Å². The molecule has 0 saturated heterocycles. The van der Waals surface area contributed by atoms with Gasteiger partial charge in [0.05, 0.1) is 9.31 Å². The van der Waals surface area contributed by atoms with E-state index in [9.17, 15) is 18.0 Å². The second kappa shape index (κ2) is 3.53. The van der Waals surface area contributed by atoms with Gasteiger partial charge in [0.1, 0.15) is 5.71 Å². The second-order valence-corrected chi connectivity index (χ2v) is 4.06. The molecule has 1 amide bonds. The zero-order chi connectivity index (χ0) is 10.2. The van der Waals surface area contributed by atoms with Crippen molar-refractivity contribution in [1.29, 1.82) is 0 Å². The van der Waals surface area contributed by atoms with Gasteiger partial charge in [0.25, 0.3) is 5.91 Å². The smallest absolute Gasteiger partial charge is 0.266 e. The molecule has 13 heavy (non-hydrogen) atoms. The molecule has 0 spiro atoms. The van der Waals surface area contributed by atoms with Gasteiger partial charge in [-0.05, 0) is 22.0 Å². The number of dihydropyridines is 1. The van der Waals surface area contributed by atoms with Crippen LogP contribution < -0.4 is 0 Å². The Balaban J connectivity index is 3.03. The van der Waals surface area contributed by atoms with Crippen LogP contribution in [0.25, 0.3) is 0 Å². The third kappa shape index (κ3) is 2.40. The first kappa shape index (κ1) is 10.9. The summed E-state index contributed by atoms with van der Waals surface area (Å²) in [6, 6.07) is 0. The van der Waals surface area contributed by atoms with Crippen LogP contribution in [0.5, 0.6) is 0 Å². The van der Waals surface area contributed by atoms with Gasteiger partial charge in [0.15, 0.2) is 0 Å². The standard InChI is InChI=1S/C6H2Br2F3NO/c7-2-1-3(8)5(13)12-4(2)6(9,10)11/h1-2H. The van der Waals surface area contributed by atoms with Crippen molar-refractivity contribution < 1.29 is 18.0 Å². The predicted molar refractivity (Wildman–Crippen MR) is 48.2 cm³/mol. The Morgan fingerprint density at radius 1 is 1.46 bits per heavy atom. The van der Waals surface area contributed by atoms with Crippen LogP contribution >= 0.6 is 31.9 Å². The lowest BCUT2D eigenvalue weighted by Gasteiger charge is -2.16. The molecular formula is C6H2Br2F3NO. The van der Waals surface area contributed by atoms with E-state index >= 15 is 0 Å². The monoisotopic (exact) mass is 319 g/mol. The van der Waals surface area contributed by atoms with Crippen molar-refractivity contribution in [2.24, 2.45) is 4.99 Å². The molecule has 0 N–H and O–H groups in total. The summed E-state index contributed by atoms with van der Waals surface area (Å²) in [6.07, 6.45) is -3.47. The Kier molecular flexibility index (Phi) is 2.96. The molecule has 7 heteroatoms. The van der Waals surface area contributed by atoms with E-state index in [-0.39, 0.29) is 4.48 Å². The van der Waals surface area contributed by atoms with Crippen molar-refractivity contribution in [2.45, 2.75) is 11.0 Å². The Morgan fingerprint density at radius 2 is 2.00 bits per heavy atom. The van der Waals surface area contributed by atoms with Gasteiger partial charge in [0, 0.05) is 0 Å². The fourth-order valence-electron chi connectivity index (χ4n) is 0.723. The zero-order valence-corrected chi connectivity index (χ0v) is 9.07. The molecule has 2 nitrogen and oxygen atoms in total. The highest BCUT2D eigenvalue weighted by Crippen LogP contribution is 2.28. The van der Waals surface area contributed by atoms with E-state index in [2.05, 4.69) is 36.9 Å².